The van der Waals surface area contributed by atoms with Gasteiger partial charge >= 0.3 is 0 Å². The van der Waals surface area contributed by atoms with Crippen molar-refractivity contribution in [3.05, 3.63) is 53.2 Å². The highest BCUT2D eigenvalue weighted by atomic mass is 32.2. The van der Waals surface area contributed by atoms with Crippen molar-refractivity contribution >= 4 is 29.0 Å². The molecule has 2 heterocycles. The molecule has 1 aromatic carbocycles. The second kappa shape index (κ2) is 7.79. The van der Waals surface area contributed by atoms with Gasteiger partial charge in [-0.1, -0.05) is 30.0 Å². The first-order chi connectivity index (χ1) is 12.0. The molecule has 25 heavy (non-hydrogen) atoms. The van der Waals surface area contributed by atoms with Gasteiger partial charge in [-0.25, -0.2) is 4.39 Å². The van der Waals surface area contributed by atoms with E-state index in [1.807, 2.05) is 29.1 Å². The zero-order chi connectivity index (χ0) is 17.8. The monoisotopic (exact) mass is 376 g/mol. The third kappa shape index (κ3) is 4.26. The molecule has 0 radical (unpaired) electrons. The third-order valence-electron chi connectivity index (χ3n) is 3.64. The summed E-state index contributed by atoms with van der Waals surface area (Å²) in [7, 11) is 3.60. The van der Waals surface area contributed by atoms with E-state index in [0.717, 1.165) is 16.3 Å². The van der Waals surface area contributed by atoms with Crippen molar-refractivity contribution < 1.29 is 9.18 Å². The standard InChI is InChI=1S/C17H17FN4OS2/c1-21(10-12-5-3-6-13(18)9-12)15(23)11-25-17-20-19-16(22(17)2)14-7-4-8-24-14/h3-9H,10-11H2,1-2H3. The average molecular weight is 376 g/mol. The number of hydrogen-bond donors (Lipinski definition) is 0. The van der Waals surface area contributed by atoms with Crippen molar-refractivity contribution in [3.8, 4) is 10.7 Å². The van der Waals surface area contributed by atoms with Crippen LogP contribution in [0.4, 0.5) is 4.39 Å². The first-order valence-corrected chi connectivity index (χ1v) is 9.45. The van der Waals surface area contributed by atoms with Crippen molar-refractivity contribution in [2.75, 3.05) is 12.8 Å². The van der Waals surface area contributed by atoms with Crippen LogP contribution in [-0.4, -0.2) is 38.4 Å². The van der Waals surface area contributed by atoms with Gasteiger partial charge in [0.05, 0.1) is 10.6 Å². The number of nitrogens with zero attached hydrogens (tertiary/aromatic N) is 4. The molecule has 1 amide bonds. The predicted molar refractivity (Wildman–Crippen MR) is 97.9 cm³/mol. The lowest BCUT2D eigenvalue weighted by Gasteiger charge is -2.17. The molecule has 0 fully saturated rings. The number of aromatic nitrogens is 3. The lowest BCUT2D eigenvalue weighted by Crippen LogP contribution is -2.27. The highest BCUT2D eigenvalue weighted by Gasteiger charge is 2.15. The molecule has 0 atom stereocenters. The van der Waals surface area contributed by atoms with Crippen LogP contribution in [0.3, 0.4) is 0 Å². The molecule has 3 aromatic rings. The lowest BCUT2D eigenvalue weighted by molar-refractivity contribution is -0.127. The molecule has 0 bridgehead atoms. The van der Waals surface area contributed by atoms with E-state index in [1.54, 1.807) is 35.4 Å². The van der Waals surface area contributed by atoms with Crippen LogP contribution in [0.2, 0.25) is 0 Å². The van der Waals surface area contributed by atoms with Crippen LogP contribution in [0.1, 0.15) is 5.56 Å². The van der Waals surface area contributed by atoms with Gasteiger partial charge in [-0.2, -0.15) is 0 Å². The van der Waals surface area contributed by atoms with E-state index in [4.69, 9.17) is 0 Å². The summed E-state index contributed by atoms with van der Waals surface area (Å²) in [6.45, 7) is 0.371. The smallest absolute Gasteiger partial charge is 0.233 e. The predicted octanol–water partition coefficient (Wildman–Crippen LogP) is 3.43. The van der Waals surface area contributed by atoms with Crippen LogP contribution in [0, 0.1) is 5.82 Å². The Balaban J connectivity index is 1.59. The van der Waals surface area contributed by atoms with Crippen LogP contribution < -0.4 is 0 Å². The number of amides is 1. The summed E-state index contributed by atoms with van der Waals surface area (Å²) in [5.74, 6) is 0.698. The van der Waals surface area contributed by atoms with Crippen molar-refractivity contribution in [2.45, 2.75) is 11.7 Å². The van der Waals surface area contributed by atoms with E-state index in [-0.39, 0.29) is 17.5 Å². The van der Waals surface area contributed by atoms with Crippen molar-refractivity contribution in [2.24, 2.45) is 7.05 Å². The fourth-order valence-electron chi connectivity index (χ4n) is 2.29. The number of hydrogen-bond acceptors (Lipinski definition) is 5. The Morgan fingerprint density at radius 2 is 2.16 bits per heavy atom. The Kier molecular flexibility index (Phi) is 5.50. The number of halogens is 1. The minimum Gasteiger partial charge on any atom is -0.341 e. The highest BCUT2D eigenvalue weighted by Crippen LogP contribution is 2.26. The quantitative estimate of drug-likeness (QED) is 0.619. The highest BCUT2D eigenvalue weighted by molar-refractivity contribution is 7.99. The summed E-state index contributed by atoms with van der Waals surface area (Å²) in [6, 6.07) is 10.2. The van der Waals surface area contributed by atoms with E-state index < -0.39 is 0 Å². The first kappa shape index (κ1) is 17.6. The summed E-state index contributed by atoms with van der Waals surface area (Å²) in [5.41, 5.74) is 0.763. The van der Waals surface area contributed by atoms with Crippen LogP contribution in [0.15, 0.2) is 46.9 Å². The van der Waals surface area contributed by atoms with Gasteiger partial charge in [0.25, 0.3) is 0 Å². The van der Waals surface area contributed by atoms with Crippen molar-refractivity contribution in [3.63, 3.8) is 0 Å². The fourth-order valence-corrected chi connectivity index (χ4v) is 3.89. The van der Waals surface area contributed by atoms with Crippen LogP contribution >= 0.6 is 23.1 Å². The zero-order valence-electron chi connectivity index (χ0n) is 13.8. The number of carbonyl (C=O) groups is 1. The largest absolute Gasteiger partial charge is 0.341 e. The van der Waals surface area contributed by atoms with Gasteiger partial charge in [0.1, 0.15) is 5.82 Å². The summed E-state index contributed by atoms with van der Waals surface area (Å²) in [6.07, 6.45) is 0. The zero-order valence-corrected chi connectivity index (χ0v) is 15.5. The Morgan fingerprint density at radius 3 is 2.88 bits per heavy atom. The summed E-state index contributed by atoms with van der Waals surface area (Å²) in [4.78, 5) is 14.9. The van der Waals surface area contributed by atoms with Crippen molar-refractivity contribution in [1.29, 1.82) is 0 Å². The van der Waals surface area contributed by atoms with Gasteiger partial charge in [-0.05, 0) is 29.1 Å². The first-order valence-electron chi connectivity index (χ1n) is 7.59. The molecule has 3 rings (SSSR count). The molecule has 0 aliphatic heterocycles. The minimum atomic E-state index is -0.298. The number of thiophene rings is 1. The van der Waals surface area contributed by atoms with Crippen LogP contribution in [0.5, 0.6) is 0 Å². The SMILES string of the molecule is CN(Cc1cccc(F)c1)C(=O)CSc1nnc(-c2cccs2)n1C. The maximum absolute atomic E-state index is 13.2. The van der Waals surface area contributed by atoms with Gasteiger partial charge in [0.2, 0.25) is 5.91 Å². The van der Waals surface area contributed by atoms with Gasteiger partial charge in [-0.3, -0.25) is 4.79 Å². The molecule has 8 heteroatoms. The topological polar surface area (TPSA) is 51.0 Å². The van der Waals surface area contributed by atoms with Gasteiger partial charge in [0, 0.05) is 20.6 Å². The van der Waals surface area contributed by atoms with E-state index in [1.165, 1.54) is 23.9 Å². The maximum Gasteiger partial charge on any atom is 0.233 e. The summed E-state index contributed by atoms with van der Waals surface area (Å²) in [5, 5.41) is 11.0. The number of benzene rings is 1. The van der Waals surface area contributed by atoms with Gasteiger partial charge in [0.15, 0.2) is 11.0 Å². The Bertz CT molecular complexity index is 863. The second-order valence-electron chi connectivity index (χ2n) is 5.51. The molecular formula is C17H17FN4OS2. The summed E-state index contributed by atoms with van der Waals surface area (Å²) >= 11 is 2.94. The summed E-state index contributed by atoms with van der Waals surface area (Å²) < 4.78 is 15.1. The minimum absolute atomic E-state index is 0.0464. The van der Waals surface area contributed by atoms with Crippen molar-refractivity contribution in [1.82, 2.24) is 19.7 Å². The molecule has 0 spiro atoms. The molecule has 0 aliphatic carbocycles. The number of rotatable bonds is 6. The van der Waals surface area contributed by atoms with E-state index in [9.17, 15) is 9.18 Å². The van der Waals surface area contributed by atoms with Crippen LogP contribution in [0.25, 0.3) is 10.7 Å². The van der Waals surface area contributed by atoms with E-state index >= 15 is 0 Å². The molecular weight excluding hydrogens is 359 g/mol. The van der Waals surface area contributed by atoms with Crippen LogP contribution in [-0.2, 0) is 18.4 Å². The number of thioether (sulfide) groups is 1. The Morgan fingerprint density at radius 1 is 1.32 bits per heavy atom. The fraction of sp³-hybridized carbons (Fsp3) is 0.235. The molecule has 0 aliphatic rings. The molecule has 0 unspecified atom stereocenters. The molecule has 5 nitrogen and oxygen atoms in total. The maximum atomic E-state index is 13.2. The molecule has 0 saturated heterocycles. The second-order valence-corrected chi connectivity index (χ2v) is 7.40. The lowest BCUT2D eigenvalue weighted by atomic mass is 10.2. The van der Waals surface area contributed by atoms with Gasteiger partial charge in [-0.15, -0.1) is 21.5 Å². The Labute approximate surface area is 153 Å². The van der Waals surface area contributed by atoms with Gasteiger partial charge < -0.3 is 9.47 Å². The molecule has 130 valence electrons. The normalized spacial score (nSPS) is 10.8. The Hall–Kier alpha value is -2.19. The molecule has 0 N–H and O–H groups in total. The van der Waals surface area contributed by atoms with E-state index in [0.29, 0.717) is 11.7 Å². The molecule has 2 aromatic heterocycles. The third-order valence-corrected chi connectivity index (χ3v) is 5.51. The van der Waals surface area contributed by atoms with E-state index in [2.05, 4.69) is 10.2 Å². The average Bonchev–Trinajstić information content (AvgIpc) is 3.22. The number of carbonyl (C=O) groups excluding carboxylic acids is 1. The molecule has 0 saturated carbocycles.